The molecule has 0 saturated heterocycles. The number of hydrogen-bond donors (Lipinski definition) is 2. The Hall–Kier alpha value is -3.86. The predicted molar refractivity (Wildman–Crippen MR) is 97.3 cm³/mol. The maximum atomic E-state index is 12.2. The Morgan fingerprint density at radius 1 is 0.963 bits per heavy atom. The van der Waals surface area contributed by atoms with E-state index < -0.39 is 12.1 Å². The molecule has 0 saturated carbocycles. The van der Waals surface area contributed by atoms with Crippen molar-refractivity contribution in [1.82, 2.24) is 0 Å². The van der Waals surface area contributed by atoms with Crippen LogP contribution in [-0.2, 0) is 9.53 Å². The SMILES string of the molecule is CCOC(=O)Oc1ccc(C(=O)Nc2ccc(NC(=O)CC#N)cc2)cc1. The Morgan fingerprint density at radius 3 is 2.11 bits per heavy atom. The summed E-state index contributed by atoms with van der Waals surface area (Å²) in [5, 5.41) is 13.7. The number of amides is 2. The summed E-state index contributed by atoms with van der Waals surface area (Å²) in [6.07, 6.45) is -1.04. The second-order valence-electron chi connectivity index (χ2n) is 5.22. The van der Waals surface area contributed by atoms with Crippen molar-refractivity contribution in [2.24, 2.45) is 0 Å². The molecule has 0 fully saturated rings. The molecule has 0 atom stereocenters. The van der Waals surface area contributed by atoms with Gasteiger partial charge in [0.1, 0.15) is 12.2 Å². The van der Waals surface area contributed by atoms with Crippen molar-refractivity contribution in [2.75, 3.05) is 17.2 Å². The van der Waals surface area contributed by atoms with Gasteiger partial charge in [0.2, 0.25) is 5.91 Å². The molecule has 0 aliphatic carbocycles. The van der Waals surface area contributed by atoms with Gasteiger partial charge in [-0.05, 0) is 55.5 Å². The molecule has 0 unspecified atom stereocenters. The summed E-state index contributed by atoms with van der Waals surface area (Å²) >= 11 is 0. The third-order valence-corrected chi connectivity index (χ3v) is 3.25. The quantitative estimate of drug-likeness (QED) is 0.597. The minimum Gasteiger partial charge on any atom is -0.434 e. The standard InChI is InChI=1S/C19H17N3O5/c1-2-26-19(25)27-16-9-3-13(4-10-16)18(24)22-15-7-5-14(6-8-15)21-17(23)11-12-20/h3-10H,2,11H2,1H3,(H,21,23)(H,22,24). The van der Waals surface area contributed by atoms with Gasteiger partial charge in [-0.3, -0.25) is 9.59 Å². The molecule has 2 N–H and O–H groups in total. The van der Waals surface area contributed by atoms with Crippen LogP contribution in [0.4, 0.5) is 16.2 Å². The first-order valence-corrected chi connectivity index (χ1v) is 8.04. The number of ether oxygens (including phenoxy) is 2. The van der Waals surface area contributed by atoms with Gasteiger partial charge in [0.15, 0.2) is 0 Å². The van der Waals surface area contributed by atoms with Crippen molar-refractivity contribution in [3.63, 3.8) is 0 Å². The average Bonchev–Trinajstić information content (AvgIpc) is 2.64. The van der Waals surface area contributed by atoms with Crippen molar-refractivity contribution in [3.05, 3.63) is 54.1 Å². The van der Waals surface area contributed by atoms with Crippen molar-refractivity contribution in [2.45, 2.75) is 13.3 Å². The summed E-state index contributed by atoms with van der Waals surface area (Å²) < 4.78 is 9.59. The van der Waals surface area contributed by atoms with E-state index in [4.69, 9.17) is 10.00 Å². The molecule has 0 spiro atoms. The molecular formula is C19H17N3O5. The number of carbonyl (C=O) groups excluding carboxylic acids is 3. The van der Waals surface area contributed by atoms with E-state index >= 15 is 0 Å². The molecule has 0 aliphatic heterocycles. The lowest BCUT2D eigenvalue weighted by atomic mass is 10.2. The second-order valence-corrected chi connectivity index (χ2v) is 5.22. The fourth-order valence-corrected chi connectivity index (χ4v) is 2.04. The van der Waals surface area contributed by atoms with E-state index in [9.17, 15) is 14.4 Å². The molecule has 0 radical (unpaired) electrons. The maximum absolute atomic E-state index is 12.2. The molecule has 2 rings (SSSR count). The van der Waals surface area contributed by atoms with E-state index in [1.165, 1.54) is 24.3 Å². The molecule has 0 heterocycles. The summed E-state index contributed by atoms with van der Waals surface area (Å²) in [6.45, 7) is 1.88. The molecule has 8 nitrogen and oxygen atoms in total. The molecule has 2 aromatic rings. The Balaban J connectivity index is 1.93. The number of carbonyl (C=O) groups is 3. The van der Waals surface area contributed by atoms with E-state index in [1.807, 2.05) is 0 Å². The Labute approximate surface area is 155 Å². The Kier molecular flexibility index (Phi) is 6.91. The van der Waals surface area contributed by atoms with Crippen LogP contribution < -0.4 is 15.4 Å². The van der Waals surface area contributed by atoms with E-state index in [0.717, 1.165) is 0 Å². The van der Waals surface area contributed by atoms with Gasteiger partial charge in [-0.25, -0.2) is 4.79 Å². The predicted octanol–water partition coefficient (Wildman–Crippen LogP) is 3.33. The van der Waals surface area contributed by atoms with Crippen LogP contribution in [0.15, 0.2) is 48.5 Å². The van der Waals surface area contributed by atoms with Crippen molar-refractivity contribution >= 4 is 29.3 Å². The van der Waals surface area contributed by atoms with Gasteiger partial charge in [0.25, 0.3) is 5.91 Å². The van der Waals surface area contributed by atoms with Gasteiger partial charge < -0.3 is 20.1 Å². The summed E-state index contributed by atoms with van der Waals surface area (Å²) in [4.78, 5) is 34.8. The number of hydrogen-bond acceptors (Lipinski definition) is 6. The zero-order valence-corrected chi connectivity index (χ0v) is 14.5. The highest BCUT2D eigenvalue weighted by Crippen LogP contribution is 2.17. The zero-order valence-electron chi connectivity index (χ0n) is 14.5. The molecule has 2 amide bonds. The van der Waals surface area contributed by atoms with Crippen LogP contribution in [0.2, 0.25) is 0 Å². The normalized spacial score (nSPS) is 9.63. The number of anilines is 2. The Morgan fingerprint density at radius 2 is 1.56 bits per heavy atom. The van der Waals surface area contributed by atoms with E-state index in [0.29, 0.717) is 16.9 Å². The summed E-state index contributed by atoms with van der Waals surface area (Å²) in [7, 11) is 0. The van der Waals surface area contributed by atoms with Crippen molar-refractivity contribution < 1.29 is 23.9 Å². The highest BCUT2D eigenvalue weighted by molar-refractivity contribution is 6.04. The molecule has 0 bridgehead atoms. The van der Waals surface area contributed by atoms with Crippen molar-refractivity contribution in [1.29, 1.82) is 5.26 Å². The smallest absolute Gasteiger partial charge is 0.434 e. The summed E-state index contributed by atoms with van der Waals surface area (Å²) in [5.41, 5.74) is 1.43. The van der Waals surface area contributed by atoms with Crippen LogP contribution in [0.3, 0.4) is 0 Å². The first-order chi connectivity index (χ1) is 13.0. The lowest BCUT2D eigenvalue weighted by Crippen LogP contribution is -2.13. The molecule has 27 heavy (non-hydrogen) atoms. The topological polar surface area (TPSA) is 118 Å². The number of rotatable bonds is 6. The molecule has 0 aliphatic rings. The minimum atomic E-state index is -0.809. The van der Waals surface area contributed by atoms with Gasteiger partial charge >= 0.3 is 6.16 Å². The first-order valence-electron chi connectivity index (χ1n) is 8.04. The second kappa shape index (κ2) is 9.58. The zero-order chi connectivity index (χ0) is 19.6. The van der Waals surface area contributed by atoms with Crippen LogP contribution in [-0.4, -0.2) is 24.6 Å². The fraction of sp³-hybridized carbons (Fsp3) is 0.158. The van der Waals surface area contributed by atoms with Gasteiger partial charge in [-0.2, -0.15) is 5.26 Å². The maximum Gasteiger partial charge on any atom is 0.513 e. The van der Waals surface area contributed by atoms with Crippen molar-refractivity contribution in [3.8, 4) is 11.8 Å². The van der Waals surface area contributed by atoms with Gasteiger partial charge in [0.05, 0.1) is 12.7 Å². The largest absolute Gasteiger partial charge is 0.513 e. The number of nitrogens with one attached hydrogen (secondary N) is 2. The monoisotopic (exact) mass is 367 g/mol. The molecule has 0 aromatic heterocycles. The highest BCUT2D eigenvalue weighted by atomic mass is 16.7. The Bertz CT molecular complexity index is 854. The molecular weight excluding hydrogens is 350 g/mol. The van der Waals surface area contributed by atoms with E-state index in [1.54, 1.807) is 37.3 Å². The van der Waals surface area contributed by atoms with Crippen LogP contribution in [0.5, 0.6) is 5.75 Å². The molecule has 8 heteroatoms. The number of nitriles is 1. The van der Waals surface area contributed by atoms with Gasteiger partial charge in [0, 0.05) is 16.9 Å². The minimum absolute atomic E-state index is 0.208. The molecule has 2 aromatic carbocycles. The lowest BCUT2D eigenvalue weighted by Gasteiger charge is -2.08. The third kappa shape index (κ3) is 6.17. The number of nitrogens with zero attached hydrogens (tertiary/aromatic N) is 1. The van der Waals surface area contributed by atoms with Crippen LogP contribution in [0.25, 0.3) is 0 Å². The van der Waals surface area contributed by atoms with E-state index in [-0.39, 0.29) is 24.7 Å². The van der Waals surface area contributed by atoms with Crippen LogP contribution in [0.1, 0.15) is 23.7 Å². The third-order valence-electron chi connectivity index (χ3n) is 3.25. The van der Waals surface area contributed by atoms with Gasteiger partial charge in [-0.15, -0.1) is 0 Å². The van der Waals surface area contributed by atoms with E-state index in [2.05, 4.69) is 15.4 Å². The summed E-state index contributed by atoms with van der Waals surface area (Å²) in [6, 6.07) is 14.2. The number of benzene rings is 2. The first kappa shape index (κ1) is 19.5. The van der Waals surface area contributed by atoms with Gasteiger partial charge in [-0.1, -0.05) is 0 Å². The fourth-order valence-electron chi connectivity index (χ4n) is 2.04. The van der Waals surface area contributed by atoms with Crippen LogP contribution >= 0.6 is 0 Å². The lowest BCUT2D eigenvalue weighted by molar-refractivity contribution is -0.115. The van der Waals surface area contributed by atoms with Crippen LogP contribution in [0, 0.1) is 11.3 Å². The molecule has 138 valence electrons. The highest BCUT2D eigenvalue weighted by Gasteiger charge is 2.09. The summed E-state index contributed by atoms with van der Waals surface area (Å²) in [5.74, 6) is -0.485. The average molecular weight is 367 g/mol.